The highest BCUT2D eigenvalue weighted by atomic mass is 32.1. The lowest BCUT2D eigenvalue weighted by atomic mass is 9.99. The van der Waals surface area contributed by atoms with Crippen LogP contribution in [0.3, 0.4) is 0 Å². The molecule has 142 valence electrons. The van der Waals surface area contributed by atoms with Crippen molar-refractivity contribution in [2.24, 2.45) is 0 Å². The molecule has 0 radical (unpaired) electrons. The summed E-state index contributed by atoms with van der Waals surface area (Å²) in [5, 5.41) is 2.73. The maximum absolute atomic E-state index is 13.7. The van der Waals surface area contributed by atoms with Gasteiger partial charge < -0.3 is 5.32 Å². The van der Waals surface area contributed by atoms with Crippen LogP contribution in [0.5, 0.6) is 0 Å². The molecule has 2 aromatic heterocycles. The van der Waals surface area contributed by atoms with E-state index in [0.29, 0.717) is 29.3 Å². The maximum atomic E-state index is 13.7. The first-order valence-corrected chi connectivity index (χ1v) is 9.83. The lowest BCUT2D eigenvalue weighted by molar-refractivity contribution is 0.0949. The number of hydrogen-bond acceptors (Lipinski definition) is 4. The Balaban J connectivity index is 2.05. The van der Waals surface area contributed by atoms with Crippen molar-refractivity contribution in [3.8, 4) is 0 Å². The van der Waals surface area contributed by atoms with Crippen molar-refractivity contribution in [3.63, 3.8) is 0 Å². The standard InChI is InChI=1S/C20H22FN3O2S/c1-4-6-13-7-8-15(21)9-14(13)10-16-11-17(25)24-18(19(26)22-5-2)12(3)27-20(24)23-16/h7-9,11H,4-6,10H2,1-3H3,(H,22,26). The maximum Gasteiger partial charge on any atom is 0.269 e. The Morgan fingerprint density at radius 2 is 2.04 bits per heavy atom. The highest BCUT2D eigenvalue weighted by Crippen LogP contribution is 2.22. The van der Waals surface area contributed by atoms with Crippen molar-refractivity contribution in [1.29, 1.82) is 0 Å². The number of thiazole rings is 1. The van der Waals surface area contributed by atoms with E-state index in [9.17, 15) is 14.0 Å². The predicted molar refractivity (Wildman–Crippen MR) is 105 cm³/mol. The second-order valence-electron chi connectivity index (χ2n) is 6.41. The second-order valence-corrected chi connectivity index (χ2v) is 7.59. The van der Waals surface area contributed by atoms with Crippen molar-refractivity contribution in [2.45, 2.75) is 40.0 Å². The Kier molecular flexibility index (Phi) is 5.70. The summed E-state index contributed by atoms with van der Waals surface area (Å²) < 4.78 is 15.1. The van der Waals surface area contributed by atoms with Gasteiger partial charge in [0.2, 0.25) is 0 Å². The Labute approximate surface area is 160 Å². The van der Waals surface area contributed by atoms with Crippen molar-refractivity contribution in [1.82, 2.24) is 14.7 Å². The van der Waals surface area contributed by atoms with Crippen LogP contribution in [0.25, 0.3) is 4.96 Å². The topological polar surface area (TPSA) is 63.5 Å². The molecule has 0 aliphatic carbocycles. The van der Waals surface area contributed by atoms with Gasteiger partial charge in [0.05, 0.1) is 5.69 Å². The Morgan fingerprint density at radius 1 is 1.26 bits per heavy atom. The zero-order valence-corrected chi connectivity index (χ0v) is 16.5. The van der Waals surface area contributed by atoms with Crippen LogP contribution in [0.4, 0.5) is 4.39 Å². The number of nitrogens with zero attached hydrogens (tertiary/aromatic N) is 2. The highest BCUT2D eigenvalue weighted by Gasteiger charge is 2.19. The van der Waals surface area contributed by atoms with Crippen molar-refractivity contribution < 1.29 is 9.18 Å². The summed E-state index contributed by atoms with van der Waals surface area (Å²) >= 11 is 1.31. The Morgan fingerprint density at radius 3 is 2.74 bits per heavy atom. The first-order valence-electron chi connectivity index (χ1n) is 9.02. The summed E-state index contributed by atoms with van der Waals surface area (Å²) in [5.41, 5.74) is 2.51. The van der Waals surface area contributed by atoms with Gasteiger partial charge in [0.15, 0.2) is 4.96 Å². The minimum Gasteiger partial charge on any atom is -0.351 e. The minimum atomic E-state index is -0.298. The molecule has 3 rings (SSSR count). The third-order valence-electron chi connectivity index (χ3n) is 4.35. The van der Waals surface area contributed by atoms with Gasteiger partial charge in [0.1, 0.15) is 11.5 Å². The minimum absolute atomic E-state index is 0.284. The third-order valence-corrected chi connectivity index (χ3v) is 5.31. The molecule has 2 heterocycles. The highest BCUT2D eigenvalue weighted by molar-refractivity contribution is 7.17. The van der Waals surface area contributed by atoms with Gasteiger partial charge >= 0.3 is 0 Å². The molecule has 0 aliphatic heterocycles. The van der Waals surface area contributed by atoms with E-state index in [4.69, 9.17) is 0 Å². The molecule has 0 unspecified atom stereocenters. The molecule has 1 aromatic carbocycles. The van der Waals surface area contributed by atoms with Gasteiger partial charge in [-0.15, -0.1) is 11.3 Å². The molecule has 5 nitrogen and oxygen atoms in total. The fraction of sp³-hybridized carbons (Fsp3) is 0.350. The number of rotatable bonds is 6. The summed E-state index contributed by atoms with van der Waals surface area (Å²) in [4.78, 5) is 30.8. The molecule has 7 heteroatoms. The first-order chi connectivity index (χ1) is 12.9. The molecule has 27 heavy (non-hydrogen) atoms. The molecule has 0 saturated carbocycles. The van der Waals surface area contributed by atoms with Crippen LogP contribution in [0.15, 0.2) is 29.1 Å². The molecule has 3 aromatic rings. The molecule has 0 spiro atoms. The summed E-state index contributed by atoms with van der Waals surface area (Å²) in [7, 11) is 0. The molecule has 0 atom stereocenters. The zero-order valence-electron chi connectivity index (χ0n) is 15.6. The fourth-order valence-corrected chi connectivity index (χ4v) is 4.18. The van der Waals surface area contributed by atoms with E-state index in [1.165, 1.54) is 33.9 Å². The number of halogens is 1. The van der Waals surface area contributed by atoms with E-state index in [1.807, 2.05) is 6.92 Å². The van der Waals surface area contributed by atoms with Crippen LogP contribution in [-0.4, -0.2) is 21.8 Å². The number of amides is 1. The van der Waals surface area contributed by atoms with Crippen LogP contribution >= 0.6 is 11.3 Å². The summed E-state index contributed by atoms with van der Waals surface area (Å²) in [5.74, 6) is -0.582. The zero-order chi connectivity index (χ0) is 19.6. The molecular weight excluding hydrogens is 365 g/mol. The predicted octanol–water partition coefficient (Wildman–Crippen LogP) is 3.50. The van der Waals surface area contributed by atoms with Crippen LogP contribution in [-0.2, 0) is 12.8 Å². The fourth-order valence-electron chi connectivity index (χ4n) is 3.19. The second kappa shape index (κ2) is 8.00. The Hall–Kier alpha value is -2.54. The first kappa shape index (κ1) is 19.2. The molecular formula is C20H22FN3O2S. The largest absolute Gasteiger partial charge is 0.351 e. The quantitative estimate of drug-likeness (QED) is 0.704. The lowest BCUT2D eigenvalue weighted by Gasteiger charge is -2.09. The molecule has 1 N–H and O–H groups in total. The number of benzene rings is 1. The molecule has 0 saturated heterocycles. The van der Waals surface area contributed by atoms with Gasteiger partial charge in [-0.2, -0.15) is 0 Å². The van der Waals surface area contributed by atoms with Gasteiger partial charge in [0.25, 0.3) is 11.5 Å². The van der Waals surface area contributed by atoms with Gasteiger partial charge in [0, 0.05) is 23.9 Å². The van der Waals surface area contributed by atoms with E-state index in [1.54, 1.807) is 13.0 Å². The van der Waals surface area contributed by atoms with Crippen LogP contribution in [0, 0.1) is 12.7 Å². The van der Waals surface area contributed by atoms with Gasteiger partial charge in [-0.3, -0.25) is 9.59 Å². The number of carbonyl (C=O) groups excluding carboxylic acids is 1. The summed E-state index contributed by atoms with van der Waals surface area (Å²) in [6.45, 7) is 6.18. The monoisotopic (exact) mass is 387 g/mol. The average Bonchev–Trinajstić information content (AvgIpc) is 2.94. The van der Waals surface area contributed by atoms with E-state index in [-0.39, 0.29) is 17.3 Å². The molecule has 0 fully saturated rings. The van der Waals surface area contributed by atoms with E-state index in [2.05, 4.69) is 17.2 Å². The smallest absolute Gasteiger partial charge is 0.269 e. The Bertz CT molecular complexity index is 1060. The van der Waals surface area contributed by atoms with Gasteiger partial charge in [-0.05, 0) is 43.5 Å². The van der Waals surface area contributed by atoms with Crippen LogP contribution < -0.4 is 10.9 Å². The van der Waals surface area contributed by atoms with Gasteiger partial charge in [-0.25, -0.2) is 13.8 Å². The van der Waals surface area contributed by atoms with E-state index < -0.39 is 0 Å². The van der Waals surface area contributed by atoms with Gasteiger partial charge in [-0.1, -0.05) is 19.4 Å². The molecule has 0 bridgehead atoms. The lowest BCUT2D eigenvalue weighted by Crippen LogP contribution is -2.28. The number of fused-ring (bicyclic) bond motifs is 1. The number of aryl methyl sites for hydroxylation is 2. The van der Waals surface area contributed by atoms with E-state index >= 15 is 0 Å². The molecule has 0 aliphatic rings. The van der Waals surface area contributed by atoms with Crippen LogP contribution in [0.1, 0.15) is 52.5 Å². The van der Waals surface area contributed by atoms with Crippen LogP contribution in [0.2, 0.25) is 0 Å². The number of hydrogen-bond donors (Lipinski definition) is 1. The number of nitrogens with one attached hydrogen (secondary N) is 1. The van der Waals surface area contributed by atoms with Crippen molar-refractivity contribution in [3.05, 3.63) is 67.8 Å². The normalized spacial score (nSPS) is 11.1. The number of aromatic nitrogens is 2. The molecule has 1 amide bonds. The van der Waals surface area contributed by atoms with Crippen molar-refractivity contribution >= 4 is 22.2 Å². The van der Waals surface area contributed by atoms with E-state index in [0.717, 1.165) is 28.8 Å². The number of carbonyl (C=O) groups is 1. The van der Waals surface area contributed by atoms with Crippen molar-refractivity contribution in [2.75, 3.05) is 6.54 Å². The third kappa shape index (κ3) is 3.93. The summed E-state index contributed by atoms with van der Waals surface area (Å²) in [6.07, 6.45) is 2.18. The SMILES string of the molecule is CCCc1ccc(F)cc1Cc1cc(=O)n2c(C(=O)NCC)c(C)sc2n1. The average molecular weight is 387 g/mol. The summed E-state index contributed by atoms with van der Waals surface area (Å²) in [6, 6.07) is 6.19.